The van der Waals surface area contributed by atoms with Gasteiger partial charge in [0.05, 0.1) is 0 Å². The molecule has 1 unspecified atom stereocenters. The molecule has 1 rings (SSSR count). The van der Waals surface area contributed by atoms with E-state index in [0.717, 1.165) is 51.9 Å². The molecule has 1 aliphatic rings. The van der Waals surface area contributed by atoms with E-state index in [1.807, 2.05) is 7.05 Å². The molecule has 126 valence electrons. The van der Waals surface area contributed by atoms with Crippen molar-refractivity contribution < 1.29 is 8.42 Å². The van der Waals surface area contributed by atoms with E-state index in [-0.39, 0.29) is 6.04 Å². The molecule has 0 saturated carbocycles. The first kappa shape index (κ1) is 18.8. The minimum atomic E-state index is -3.36. The Labute approximate surface area is 130 Å². The minimum absolute atomic E-state index is 0.0826. The van der Waals surface area contributed by atoms with Gasteiger partial charge in [-0.2, -0.15) is 12.7 Å². The van der Waals surface area contributed by atoms with E-state index in [1.165, 1.54) is 0 Å². The van der Waals surface area contributed by atoms with E-state index >= 15 is 0 Å². The summed E-state index contributed by atoms with van der Waals surface area (Å²) < 4.78 is 29.3. The van der Waals surface area contributed by atoms with Gasteiger partial charge < -0.3 is 10.2 Å². The first-order valence-electron chi connectivity index (χ1n) is 8.18. The molecule has 1 fully saturated rings. The van der Waals surface area contributed by atoms with Crippen LogP contribution in [0.4, 0.5) is 0 Å². The minimum Gasteiger partial charge on any atom is -0.318 e. The summed E-state index contributed by atoms with van der Waals surface area (Å²) in [6, 6.07) is 0.0826. The third-order valence-corrected chi connectivity index (χ3v) is 5.69. The zero-order chi connectivity index (χ0) is 15.7. The van der Waals surface area contributed by atoms with Gasteiger partial charge >= 0.3 is 0 Å². The molecule has 0 aromatic carbocycles. The van der Waals surface area contributed by atoms with Crippen molar-refractivity contribution in [3.63, 3.8) is 0 Å². The number of rotatable bonds is 10. The molecule has 0 aromatic heterocycles. The zero-order valence-electron chi connectivity index (χ0n) is 13.8. The van der Waals surface area contributed by atoms with Crippen molar-refractivity contribution in [1.82, 2.24) is 19.2 Å². The van der Waals surface area contributed by atoms with Gasteiger partial charge in [-0.3, -0.25) is 0 Å². The molecule has 0 radical (unpaired) electrons. The Balaban J connectivity index is 2.50. The molecule has 1 atom stereocenters. The number of nitrogens with one attached hydrogen (secondary N) is 2. The molecule has 0 amide bonds. The van der Waals surface area contributed by atoms with Crippen molar-refractivity contribution in [3.8, 4) is 0 Å². The highest BCUT2D eigenvalue weighted by molar-refractivity contribution is 7.87. The van der Waals surface area contributed by atoms with E-state index in [9.17, 15) is 8.42 Å². The Hall–Kier alpha value is -0.210. The van der Waals surface area contributed by atoms with Gasteiger partial charge in [0.1, 0.15) is 0 Å². The number of hydrogen-bond acceptors (Lipinski definition) is 4. The largest absolute Gasteiger partial charge is 0.318 e. The van der Waals surface area contributed by atoms with Gasteiger partial charge in [0.25, 0.3) is 10.2 Å². The van der Waals surface area contributed by atoms with Crippen LogP contribution < -0.4 is 10.0 Å². The summed E-state index contributed by atoms with van der Waals surface area (Å²) in [6.07, 6.45) is 4.10. The van der Waals surface area contributed by atoms with E-state index in [1.54, 1.807) is 4.31 Å². The van der Waals surface area contributed by atoms with Crippen LogP contribution in [-0.2, 0) is 10.2 Å². The lowest BCUT2D eigenvalue weighted by Crippen LogP contribution is -2.52. The van der Waals surface area contributed by atoms with Crippen molar-refractivity contribution >= 4 is 10.2 Å². The summed E-state index contributed by atoms with van der Waals surface area (Å²) in [5.41, 5.74) is 0. The molecule has 2 N–H and O–H groups in total. The van der Waals surface area contributed by atoms with Gasteiger partial charge in [-0.05, 0) is 39.4 Å². The fourth-order valence-corrected chi connectivity index (χ4v) is 4.35. The molecule has 0 spiro atoms. The van der Waals surface area contributed by atoms with Crippen LogP contribution in [0.1, 0.15) is 39.5 Å². The Morgan fingerprint density at radius 1 is 1.24 bits per heavy atom. The Kier molecular flexibility index (Phi) is 8.73. The average Bonchev–Trinajstić information content (AvgIpc) is 2.47. The third-order valence-electron chi connectivity index (χ3n) is 4.02. The summed E-state index contributed by atoms with van der Waals surface area (Å²) in [7, 11) is -1.49. The molecule has 7 heteroatoms. The monoisotopic (exact) mass is 320 g/mol. The average molecular weight is 321 g/mol. The van der Waals surface area contributed by atoms with Crippen LogP contribution in [0.25, 0.3) is 0 Å². The fraction of sp³-hybridized carbons (Fsp3) is 1.00. The molecule has 1 saturated heterocycles. The number of likely N-dealkylation sites (N-methyl/N-ethyl adjacent to an activating group) is 2. The van der Waals surface area contributed by atoms with Crippen molar-refractivity contribution in [2.24, 2.45) is 0 Å². The van der Waals surface area contributed by atoms with Gasteiger partial charge in [-0.25, -0.2) is 4.72 Å². The smallest absolute Gasteiger partial charge is 0.279 e. The van der Waals surface area contributed by atoms with Gasteiger partial charge in [-0.15, -0.1) is 0 Å². The van der Waals surface area contributed by atoms with Crippen LogP contribution in [0.5, 0.6) is 0 Å². The molecule has 0 aliphatic carbocycles. The Morgan fingerprint density at radius 3 is 2.62 bits per heavy atom. The Bertz CT molecular complexity index is 373. The van der Waals surface area contributed by atoms with E-state index in [0.29, 0.717) is 13.1 Å². The molecule has 0 bridgehead atoms. The van der Waals surface area contributed by atoms with Gasteiger partial charge in [-0.1, -0.05) is 20.3 Å². The summed E-state index contributed by atoms with van der Waals surface area (Å²) in [5.74, 6) is 0. The van der Waals surface area contributed by atoms with Gasteiger partial charge in [0.15, 0.2) is 0 Å². The zero-order valence-corrected chi connectivity index (χ0v) is 14.6. The maximum Gasteiger partial charge on any atom is 0.279 e. The number of hydrogen-bond donors (Lipinski definition) is 2. The molecular formula is C14H32N4O2S. The van der Waals surface area contributed by atoms with E-state index < -0.39 is 10.2 Å². The van der Waals surface area contributed by atoms with Crippen molar-refractivity contribution in [1.29, 1.82) is 0 Å². The molecule has 0 aromatic rings. The normalized spacial score (nSPS) is 21.0. The summed E-state index contributed by atoms with van der Waals surface area (Å²) in [5, 5.41) is 3.10. The van der Waals surface area contributed by atoms with Crippen LogP contribution in [0.2, 0.25) is 0 Å². The molecule has 6 nitrogen and oxygen atoms in total. The maximum absolute atomic E-state index is 12.5. The lowest BCUT2D eigenvalue weighted by molar-refractivity contribution is 0.244. The fourth-order valence-electron chi connectivity index (χ4n) is 2.89. The predicted octanol–water partition coefficient (Wildman–Crippen LogP) is 0.627. The van der Waals surface area contributed by atoms with Crippen molar-refractivity contribution in [2.75, 3.05) is 46.3 Å². The standard InChI is InChI=1S/C14H32N4O2S/c1-4-10-17(5-2)12-9-16-21(19,20)18-11-7-6-8-14(18)13-15-3/h14-16H,4-13H2,1-3H3. The van der Waals surface area contributed by atoms with Crippen LogP contribution in [0.15, 0.2) is 0 Å². The van der Waals surface area contributed by atoms with E-state index in [2.05, 4.69) is 28.8 Å². The lowest BCUT2D eigenvalue weighted by Gasteiger charge is -2.34. The summed E-state index contributed by atoms with van der Waals surface area (Å²) >= 11 is 0. The number of piperidine rings is 1. The Morgan fingerprint density at radius 2 is 2.00 bits per heavy atom. The van der Waals surface area contributed by atoms with Gasteiger partial charge in [0.2, 0.25) is 0 Å². The van der Waals surface area contributed by atoms with Crippen LogP contribution in [-0.4, -0.2) is 70.0 Å². The van der Waals surface area contributed by atoms with Gasteiger partial charge in [0, 0.05) is 32.2 Å². The van der Waals surface area contributed by atoms with Crippen molar-refractivity contribution in [2.45, 2.75) is 45.6 Å². The van der Waals surface area contributed by atoms with Crippen LogP contribution in [0, 0.1) is 0 Å². The molecule has 21 heavy (non-hydrogen) atoms. The molecular weight excluding hydrogens is 288 g/mol. The highest BCUT2D eigenvalue weighted by Gasteiger charge is 2.31. The lowest BCUT2D eigenvalue weighted by atomic mass is 10.1. The first-order chi connectivity index (χ1) is 10.0. The second kappa shape index (κ2) is 9.74. The first-order valence-corrected chi connectivity index (χ1v) is 9.62. The van der Waals surface area contributed by atoms with Crippen LogP contribution in [0.3, 0.4) is 0 Å². The second-order valence-corrected chi connectivity index (χ2v) is 7.36. The highest BCUT2D eigenvalue weighted by Crippen LogP contribution is 2.19. The van der Waals surface area contributed by atoms with E-state index in [4.69, 9.17) is 0 Å². The summed E-state index contributed by atoms with van der Waals surface area (Å²) in [4.78, 5) is 2.27. The quantitative estimate of drug-likeness (QED) is 0.620. The van der Waals surface area contributed by atoms with Crippen LogP contribution >= 0.6 is 0 Å². The predicted molar refractivity (Wildman–Crippen MR) is 87.6 cm³/mol. The van der Waals surface area contributed by atoms with Crippen molar-refractivity contribution in [3.05, 3.63) is 0 Å². The third kappa shape index (κ3) is 6.20. The SMILES string of the molecule is CCCN(CC)CCNS(=O)(=O)N1CCCCC1CNC. The summed E-state index contributed by atoms with van der Waals surface area (Å²) in [6.45, 7) is 8.84. The number of nitrogens with zero attached hydrogens (tertiary/aromatic N) is 2. The maximum atomic E-state index is 12.5. The molecule has 1 aliphatic heterocycles. The highest BCUT2D eigenvalue weighted by atomic mass is 32.2. The second-order valence-electron chi connectivity index (χ2n) is 5.65. The topological polar surface area (TPSA) is 64.7 Å². The molecule has 1 heterocycles.